The molecular weight excluding hydrogens is 400 g/mol. The zero-order valence-corrected chi connectivity index (χ0v) is 16.1. The monoisotopic (exact) mass is 422 g/mol. The first-order valence-corrected chi connectivity index (χ1v) is 9.22. The lowest BCUT2D eigenvalue weighted by atomic mass is 10.2. The first-order chi connectivity index (χ1) is 14.5. The molecule has 1 aromatic carbocycles. The van der Waals surface area contributed by atoms with Crippen LogP contribution >= 0.6 is 0 Å². The summed E-state index contributed by atoms with van der Waals surface area (Å²) in [5, 5.41) is 1.81. The second kappa shape index (κ2) is 10.5. The molecule has 12 nitrogen and oxygen atoms in total. The first kappa shape index (κ1) is 21.5. The van der Waals surface area contributed by atoms with Crippen LogP contribution in [0.2, 0.25) is 0 Å². The van der Waals surface area contributed by atoms with E-state index in [4.69, 9.17) is 29.4 Å². The lowest BCUT2D eigenvalue weighted by Crippen LogP contribution is -2.38. The molecule has 0 bridgehead atoms. The van der Waals surface area contributed by atoms with Crippen molar-refractivity contribution in [3.8, 4) is 11.5 Å². The predicted molar refractivity (Wildman–Crippen MR) is 103 cm³/mol. The van der Waals surface area contributed by atoms with E-state index in [0.717, 1.165) is 0 Å². The Morgan fingerprint density at radius 1 is 0.900 bits per heavy atom. The van der Waals surface area contributed by atoms with Crippen molar-refractivity contribution in [1.29, 1.82) is 0 Å². The summed E-state index contributed by atoms with van der Waals surface area (Å²) in [5.41, 5.74) is 4.22. The summed E-state index contributed by atoms with van der Waals surface area (Å²) in [6.07, 6.45) is 0. The van der Waals surface area contributed by atoms with Crippen molar-refractivity contribution in [1.82, 2.24) is 15.3 Å². The van der Waals surface area contributed by atoms with Crippen LogP contribution in [0.15, 0.2) is 16.9 Å². The second-order valence-corrected chi connectivity index (χ2v) is 6.08. The third-order valence-corrected chi connectivity index (χ3v) is 3.92. The Balaban J connectivity index is 1.88. The molecule has 0 atom stereocenters. The van der Waals surface area contributed by atoms with E-state index in [1.807, 2.05) is 5.32 Å². The number of nitrogens with zero attached hydrogens (tertiary/aromatic N) is 1. The number of carbonyl (C=O) groups is 2. The summed E-state index contributed by atoms with van der Waals surface area (Å²) < 4.78 is 27.6. The molecule has 0 aliphatic carbocycles. The molecule has 2 aromatic rings. The minimum absolute atomic E-state index is 0.233. The van der Waals surface area contributed by atoms with E-state index < -0.39 is 23.2 Å². The summed E-state index contributed by atoms with van der Waals surface area (Å²) in [6, 6.07) is 1.96. The summed E-state index contributed by atoms with van der Waals surface area (Å²) in [7, 11) is 0. The average Bonchev–Trinajstić information content (AvgIpc) is 2.70. The van der Waals surface area contributed by atoms with Gasteiger partial charge in [-0.15, -0.1) is 0 Å². The summed E-state index contributed by atoms with van der Waals surface area (Å²) in [5.74, 6) is -0.297. The van der Waals surface area contributed by atoms with Crippen LogP contribution in [0, 0.1) is 0 Å². The van der Waals surface area contributed by atoms with Gasteiger partial charge >= 0.3 is 6.03 Å². The van der Waals surface area contributed by atoms with Gasteiger partial charge < -0.3 is 34.4 Å². The molecule has 162 valence electrons. The van der Waals surface area contributed by atoms with Gasteiger partial charge in [0, 0.05) is 12.1 Å². The number of nitrogens with one attached hydrogen (secondary N) is 2. The molecule has 4 N–H and O–H groups in total. The number of primary amides is 1. The van der Waals surface area contributed by atoms with Gasteiger partial charge in [-0.3, -0.25) is 14.9 Å². The molecule has 1 aliphatic heterocycles. The average molecular weight is 422 g/mol. The fourth-order valence-corrected chi connectivity index (χ4v) is 2.61. The molecule has 1 aliphatic rings. The number of carbonyl (C=O) groups excluding carboxylic acids is 2. The van der Waals surface area contributed by atoms with Crippen LogP contribution in [0.1, 0.15) is 10.5 Å². The lowest BCUT2D eigenvalue weighted by Gasteiger charge is -2.14. The van der Waals surface area contributed by atoms with E-state index in [1.165, 1.54) is 12.1 Å². The fourth-order valence-electron chi connectivity index (χ4n) is 2.61. The van der Waals surface area contributed by atoms with Gasteiger partial charge in [0.25, 0.3) is 11.5 Å². The summed E-state index contributed by atoms with van der Waals surface area (Å²) in [6.45, 7) is 2.89. The van der Waals surface area contributed by atoms with Crippen molar-refractivity contribution in [2.45, 2.75) is 0 Å². The van der Waals surface area contributed by atoms with Crippen molar-refractivity contribution in [2.75, 3.05) is 52.9 Å². The van der Waals surface area contributed by atoms with E-state index in [2.05, 4.69) is 9.97 Å². The number of rotatable bonds is 1. The summed E-state index contributed by atoms with van der Waals surface area (Å²) in [4.78, 5) is 41.6. The van der Waals surface area contributed by atoms with Crippen LogP contribution in [0.25, 0.3) is 11.0 Å². The number of aromatic nitrogens is 2. The molecule has 3 rings (SSSR count). The topological polar surface area (TPSA) is 164 Å². The zero-order valence-electron chi connectivity index (χ0n) is 16.1. The maximum Gasteiger partial charge on any atom is 0.319 e. The van der Waals surface area contributed by atoms with Gasteiger partial charge in [-0.1, -0.05) is 0 Å². The van der Waals surface area contributed by atoms with Crippen molar-refractivity contribution in [2.24, 2.45) is 5.73 Å². The van der Waals surface area contributed by atoms with Crippen molar-refractivity contribution in [3.05, 3.63) is 28.2 Å². The number of amides is 3. The Morgan fingerprint density at radius 2 is 1.43 bits per heavy atom. The minimum atomic E-state index is -1.09. The number of nitrogens with two attached hydrogens (primary N) is 1. The van der Waals surface area contributed by atoms with Crippen LogP contribution in [0.4, 0.5) is 4.79 Å². The third-order valence-electron chi connectivity index (χ3n) is 3.92. The van der Waals surface area contributed by atoms with Gasteiger partial charge in [0.15, 0.2) is 17.2 Å². The number of H-pyrrole nitrogens is 1. The number of ether oxygens (including phenoxy) is 5. The number of urea groups is 1. The van der Waals surface area contributed by atoms with Gasteiger partial charge in [-0.2, -0.15) is 0 Å². The second-order valence-electron chi connectivity index (χ2n) is 6.08. The maximum absolute atomic E-state index is 12.2. The number of imide groups is 1. The van der Waals surface area contributed by atoms with E-state index in [0.29, 0.717) is 56.7 Å². The molecule has 0 spiro atoms. The number of aromatic amines is 1. The smallest absolute Gasteiger partial charge is 0.319 e. The van der Waals surface area contributed by atoms with Crippen LogP contribution in [-0.4, -0.2) is 74.8 Å². The number of fused-ring (bicyclic) bond motifs is 2. The van der Waals surface area contributed by atoms with Crippen LogP contribution in [0.3, 0.4) is 0 Å². The fraction of sp³-hybridized carbons (Fsp3) is 0.444. The number of hydrogen-bond donors (Lipinski definition) is 3. The highest BCUT2D eigenvalue weighted by Gasteiger charge is 2.17. The lowest BCUT2D eigenvalue weighted by molar-refractivity contribution is 0.00708. The zero-order chi connectivity index (χ0) is 21.3. The van der Waals surface area contributed by atoms with E-state index in [1.54, 1.807) is 0 Å². The molecule has 30 heavy (non-hydrogen) atoms. The number of hydrogen-bond acceptors (Lipinski definition) is 9. The summed E-state index contributed by atoms with van der Waals surface area (Å²) >= 11 is 0. The first-order valence-electron chi connectivity index (χ1n) is 9.22. The van der Waals surface area contributed by atoms with Crippen molar-refractivity contribution >= 4 is 23.0 Å². The quantitative estimate of drug-likeness (QED) is 0.552. The Bertz CT molecular complexity index is 961. The maximum atomic E-state index is 12.2. The Labute approximate surface area is 170 Å². The largest absolute Gasteiger partial charge is 0.487 e. The molecule has 0 saturated carbocycles. The number of benzene rings is 1. The molecule has 3 amide bonds. The highest BCUT2D eigenvalue weighted by molar-refractivity contribution is 6.03. The van der Waals surface area contributed by atoms with Gasteiger partial charge in [0.1, 0.15) is 13.2 Å². The Morgan fingerprint density at radius 3 is 2.00 bits per heavy atom. The van der Waals surface area contributed by atoms with Crippen LogP contribution in [-0.2, 0) is 14.2 Å². The van der Waals surface area contributed by atoms with Gasteiger partial charge in [-0.25, -0.2) is 9.78 Å². The highest BCUT2D eigenvalue weighted by atomic mass is 16.6. The van der Waals surface area contributed by atoms with Crippen molar-refractivity contribution in [3.63, 3.8) is 0 Å². The molecule has 0 fully saturated rings. The molecule has 0 unspecified atom stereocenters. The normalized spacial score (nSPS) is 16.3. The standard InChI is InChI=1S/C18H22N4O8/c19-18(25)22-17(24)15-16(23)21-12-10-14-13(9-11(12)20-15)29-7-5-27-3-1-26-2-4-28-6-8-30-14/h9-10H,1-8H2,(H,21,23)(H3,19,22,24,25). The van der Waals surface area contributed by atoms with E-state index in [-0.39, 0.29) is 18.7 Å². The molecule has 12 heteroatoms. The minimum Gasteiger partial charge on any atom is -0.487 e. The molecule has 1 aromatic heterocycles. The van der Waals surface area contributed by atoms with Gasteiger partial charge in [-0.05, 0) is 0 Å². The van der Waals surface area contributed by atoms with Gasteiger partial charge in [0.2, 0.25) is 0 Å². The highest BCUT2D eigenvalue weighted by Crippen LogP contribution is 2.31. The van der Waals surface area contributed by atoms with Crippen molar-refractivity contribution < 1.29 is 33.3 Å². The molecule has 0 radical (unpaired) electrons. The Hall–Kier alpha value is -3.22. The molecule has 0 saturated heterocycles. The van der Waals surface area contributed by atoms with Gasteiger partial charge in [0.05, 0.1) is 50.7 Å². The van der Waals surface area contributed by atoms with E-state index in [9.17, 15) is 14.4 Å². The molecular formula is C18H22N4O8. The Kier molecular flexibility index (Phi) is 7.54. The van der Waals surface area contributed by atoms with E-state index >= 15 is 0 Å². The predicted octanol–water partition coefficient (Wildman–Crippen LogP) is -0.447. The SMILES string of the molecule is NC(=O)NC(=O)c1nc2cc3c(cc2[nH]c1=O)OCCOCCOCCOCCO3. The molecule has 2 heterocycles. The van der Waals surface area contributed by atoms with Crippen LogP contribution < -0.4 is 26.1 Å². The third kappa shape index (κ3) is 5.89. The van der Waals surface area contributed by atoms with Crippen LogP contribution in [0.5, 0.6) is 11.5 Å².